The molecule has 1 aromatic heterocycles. The highest BCUT2D eigenvalue weighted by Crippen LogP contribution is 2.32. The zero-order valence-electron chi connectivity index (χ0n) is 11.0. The Bertz CT molecular complexity index is 484. The molecule has 0 spiro atoms. The second-order valence-electron chi connectivity index (χ2n) is 5.21. The number of anilines is 2. The monoisotopic (exact) mass is 281 g/mol. The van der Waals surface area contributed by atoms with E-state index in [1.54, 1.807) is 7.05 Å². The van der Waals surface area contributed by atoms with Crippen molar-refractivity contribution in [1.82, 2.24) is 14.6 Å². The lowest BCUT2D eigenvalue weighted by atomic mass is 10.2. The number of rotatable bonds is 4. The second-order valence-corrected chi connectivity index (χ2v) is 5.98. The number of hydrogen-bond donors (Lipinski definition) is 3. The quantitative estimate of drug-likeness (QED) is 0.758. The van der Waals surface area contributed by atoms with E-state index < -0.39 is 0 Å². The molecule has 2 heterocycles. The third-order valence-corrected chi connectivity index (χ3v) is 4.58. The van der Waals surface area contributed by atoms with Gasteiger partial charge in [-0.1, -0.05) is 0 Å². The van der Waals surface area contributed by atoms with Crippen LogP contribution in [0.25, 0.3) is 0 Å². The number of carbonyl (C=O) groups excluding carboxylic acids is 1. The molecular weight excluding hydrogens is 262 g/mol. The molecule has 6 nitrogen and oxygen atoms in total. The molecule has 1 saturated carbocycles. The molecule has 1 amide bonds. The minimum atomic E-state index is -0.175. The van der Waals surface area contributed by atoms with Crippen molar-refractivity contribution >= 4 is 28.3 Å². The molecule has 2 aliphatic rings. The molecule has 1 unspecified atom stereocenters. The smallest absolute Gasteiger partial charge is 0.257 e. The summed E-state index contributed by atoms with van der Waals surface area (Å²) in [6, 6.07) is 1.19. The van der Waals surface area contributed by atoms with Crippen molar-refractivity contribution < 1.29 is 4.79 Å². The Morgan fingerprint density at radius 1 is 1.47 bits per heavy atom. The van der Waals surface area contributed by atoms with Crippen molar-refractivity contribution in [1.29, 1.82) is 0 Å². The Hall–Kier alpha value is -1.34. The first-order valence-electron chi connectivity index (χ1n) is 6.67. The van der Waals surface area contributed by atoms with Gasteiger partial charge in [0.15, 0.2) is 5.82 Å². The predicted molar refractivity (Wildman–Crippen MR) is 76.5 cm³/mol. The van der Waals surface area contributed by atoms with E-state index in [1.807, 2.05) is 0 Å². The van der Waals surface area contributed by atoms with Gasteiger partial charge in [-0.15, -0.1) is 0 Å². The Morgan fingerprint density at radius 2 is 2.26 bits per heavy atom. The van der Waals surface area contributed by atoms with E-state index >= 15 is 0 Å². The van der Waals surface area contributed by atoms with Gasteiger partial charge in [0.05, 0.1) is 0 Å². The summed E-state index contributed by atoms with van der Waals surface area (Å²) in [5, 5.41) is 6.83. The standard InChI is InChI=1S/C12H19N5OS/c1-14-11(18)9-10(13)16-19-12(9)15-7-4-5-17(6-7)8-2-3-8/h7-8,15H,2-6H2,1H3,(H2,13,16)(H,14,18). The second kappa shape index (κ2) is 4.97. The Kier molecular flexibility index (Phi) is 3.32. The summed E-state index contributed by atoms with van der Waals surface area (Å²) in [5.74, 6) is 0.134. The molecule has 7 heteroatoms. The Labute approximate surface area is 116 Å². The average Bonchev–Trinajstić information content (AvgIpc) is 3.06. The molecule has 104 valence electrons. The largest absolute Gasteiger partial charge is 0.382 e. The number of likely N-dealkylation sites (tertiary alicyclic amines) is 1. The minimum Gasteiger partial charge on any atom is -0.382 e. The van der Waals surface area contributed by atoms with Crippen LogP contribution in [0.2, 0.25) is 0 Å². The summed E-state index contributed by atoms with van der Waals surface area (Å²) in [5.41, 5.74) is 6.25. The van der Waals surface area contributed by atoms with E-state index in [2.05, 4.69) is 19.9 Å². The van der Waals surface area contributed by atoms with Crippen LogP contribution in [0.15, 0.2) is 0 Å². The van der Waals surface area contributed by atoms with E-state index in [0.29, 0.717) is 17.4 Å². The van der Waals surface area contributed by atoms with Crippen LogP contribution in [0, 0.1) is 0 Å². The SMILES string of the molecule is CNC(=O)c1c(N)nsc1NC1CCN(C2CC2)C1. The number of aromatic nitrogens is 1. The number of carbonyl (C=O) groups is 1. The van der Waals surface area contributed by atoms with Crippen molar-refractivity contribution in [2.75, 3.05) is 31.2 Å². The van der Waals surface area contributed by atoms with Gasteiger partial charge in [0.25, 0.3) is 5.91 Å². The maximum atomic E-state index is 11.8. The summed E-state index contributed by atoms with van der Waals surface area (Å²) in [4.78, 5) is 14.3. The lowest BCUT2D eigenvalue weighted by Crippen LogP contribution is -2.28. The lowest BCUT2D eigenvalue weighted by molar-refractivity contribution is 0.0965. The first-order chi connectivity index (χ1) is 9.19. The van der Waals surface area contributed by atoms with E-state index in [0.717, 1.165) is 30.6 Å². The summed E-state index contributed by atoms with van der Waals surface area (Å²) in [6.45, 7) is 2.20. The fourth-order valence-electron chi connectivity index (χ4n) is 2.61. The number of nitrogen functional groups attached to an aromatic ring is 1. The van der Waals surface area contributed by atoms with Crippen LogP contribution in [0.3, 0.4) is 0 Å². The van der Waals surface area contributed by atoms with E-state index in [1.165, 1.54) is 24.4 Å². The van der Waals surface area contributed by atoms with E-state index in [9.17, 15) is 4.79 Å². The van der Waals surface area contributed by atoms with Crippen molar-refractivity contribution in [3.8, 4) is 0 Å². The topological polar surface area (TPSA) is 83.3 Å². The van der Waals surface area contributed by atoms with Gasteiger partial charge in [0.2, 0.25) is 0 Å². The third kappa shape index (κ3) is 2.52. The fraction of sp³-hybridized carbons (Fsp3) is 0.667. The van der Waals surface area contributed by atoms with Crippen LogP contribution in [0.4, 0.5) is 10.8 Å². The summed E-state index contributed by atoms with van der Waals surface area (Å²) < 4.78 is 4.08. The molecule has 2 fully saturated rings. The van der Waals surface area contributed by atoms with Gasteiger partial charge in [-0.2, -0.15) is 4.37 Å². The molecule has 4 N–H and O–H groups in total. The highest BCUT2D eigenvalue weighted by Gasteiger charge is 2.35. The molecule has 3 rings (SSSR count). The van der Waals surface area contributed by atoms with Crippen LogP contribution < -0.4 is 16.4 Å². The van der Waals surface area contributed by atoms with Crippen molar-refractivity contribution in [3.05, 3.63) is 5.56 Å². The maximum Gasteiger partial charge on any atom is 0.257 e. The predicted octanol–water partition coefficient (Wildman–Crippen LogP) is 0.733. The van der Waals surface area contributed by atoms with Crippen molar-refractivity contribution in [3.63, 3.8) is 0 Å². The minimum absolute atomic E-state index is 0.175. The summed E-state index contributed by atoms with van der Waals surface area (Å²) in [6.07, 6.45) is 3.79. The molecule has 1 aliphatic carbocycles. The maximum absolute atomic E-state index is 11.8. The van der Waals surface area contributed by atoms with Gasteiger partial charge in [-0.25, -0.2) is 0 Å². The first kappa shape index (κ1) is 12.7. The van der Waals surface area contributed by atoms with Gasteiger partial charge in [-0.05, 0) is 30.8 Å². The number of amides is 1. The highest BCUT2D eigenvalue weighted by atomic mass is 32.1. The molecule has 1 aromatic rings. The molecule has 0 aromatic carbocycles. The Morgan fingerprint density at radius 3 is 2.95 bits per heavy atom. The van der Waals surface area contributed by atoms with Crippen LogP contribution in [-0.4, -0.2) is 47.4 Å². The molecule has 0 radical (unpaired) electrons. The highest BCUT2D eigenvalue weighted by molar-refractivity contribution is 7.11. The van der Waals surface area contributed by atoms with Gasteiger partial charge in [-0.3, -0.25) is 9.69 Å². The lowest BCUT2D eigenvalue weighted by Gasteiger charge is -2.16. The van der Waals surface area contributed by atoms with Crippen LogP contribution in [-0.2, 0) is 0 Å². The zero-order valence-corrected chi connectivity index (χ0v) is 11.8. The summed E-state index contributed by atoms with van der Waals surface area (Å²) in [7, 11) is 1.60. The number of nitrogens with zero attached hydrogens (tertiary/aromatic N) is 2. The number of nitrogens with one attached hydrogen (secondary N) is 2. The number of hydrogen-bond acceptors (Lipinski definition) is 6. The van der Waals surface area contributed by atoms with Crippen LogP contribution in [0.1, 0.15) is 29.6 Å². The van der Waals surface area contributed by atoms with Gasteiger partial charge >= 0.3 is 0 Å². The van der Waals surface area contributed by atoms with Gasteiger partial charge in [0, 0.05) is 32.2 Å². The number of nitrogens with two attached hydrogens (primary N) is 1. The van der Waals surface area contributed by atoms with Crippen LogP contribution in [0.5, 0.6) is 0 Å². The molecule has 1 aliphatic heterocycles. The molecule has 1 atom stereocenters. The van der Waals surface area contributed by atoms with Gasteiger partial charge < -0.3 is 16.4 Å². The third-order valence-electron chi connectivity index (χ3n) is 3.79. The fourth-order valence-corrected chi connectivity index (χ4v) is 3.40. The molecular formula is C12H19N5OS. The van der Waals surface area contributed by atoms with Crippen molar-refractivity contribution in [2.45, 2.75) is 31.3 Å². The van der Waals surface area contributed by atoms with Crippen LogP contribution >= 0.6 is 11.5 Å². The first-order valence-corrected chi connectivity index (χ1v) is 7.44. The van der Waals surface area contributed by atoms with E-state index in [-0.39, 0.29) is 5.91 Å². The molecule has 0 bridgehead atoms. The van der Waals surface area contributed by atoms with E-state index in [4.69, 9.17) is 5.73 Å². The zero-order chi connectivity index (χ0) is 13.4. The average molecular weight is 281 g/mol. The summed E-state index contributed by atoms with van der Waals surface area (Å²) >= 11 is 1.27. The molecule has 19 heavy (non-hydrogen) atoms. The van der Waals surface area contributed by atoms with Crippen molar-refractivity contribution in [2.24, 2.45) is 0 Å². The Balaban J connectivity index is 1.68. The van der Waals surface area contributed by atoms with Gasteiger partial charge in [0.1, 0.15) is 10.6 Å². The molecule has 1 saturated heterocycles. The normalized spacial score (nSPS) is 23.5.